The van der Waals surface area contributed by atoms with Gasteiger partial charge < -0.3 is 29.6 Å². The van der Waals surface area contributed by atoms with Crippen LogP contribution in [0.15, 0.2) is 0 Å². The Morgan fingerprint density at radius 3 is 2.15 bits per heavy atom. The highest BCUT2D eigenvalue weighted by Crippen LogP contribution is 2.25. The first-order chi connectivity index (χ1) is 9.00. The summed E-state index contributed by atoms with van der Waals surface area (Å²) in [5.41, 5.74) is 0. The maximum atomic E-state index is 9.46. The average molecular weight is 292 g/mol. The Kier molecular flexibility index (Phi) is 11.7. The lowest BCUT2D eigenvalue weighted by Crippen LogP contribution is -2.42. The lowest BCUT2D eigenvalue weighted by molar-refractivity contribution is -0.256. The number of rotatable bonds is 2. The van der Waals surface area contributed by atoms with Gasteiger partial charge in [0.05, 0.1) is 18.3 Å². The van der Waals surface area contributed by atoms with Crippen LogP contribution >= 0.6 is 0 Å². The van der Waals surface area contributed by atoms with Gasteiger partial charge in [-0.25, -0.2) is 0 Å². The van der Waals surface area contributed by atoms with Gasteiger partial charge >= 0.3 is 0 Å². The Morgan fingerprint density at radius 2 is 1.95 bits per heavy atom. The summed E-state index contributed by atoms with van der Waals surface area (Å²) in [6.45, 7) is 8.05. The van der Waals surface area contributed by atoms with E-state index in [0.29, 0.717) is 19.1 Å². The molecular formula is C14H28O6. The van der Waals surface area contributed by atoms with Gasteiger partial charge in [0.15, 0.2) is 5.79 Å². The van der Waals surface area contributed by atoms with Crippen LogP contribution in [0.25, 0.3) is 0 Å². The molecule has 1 fully saturated rings. The molecule has 6 heteroatoms. The molecule has 0 bridgehead atoms. The predicted molar refractivity (Wildman–Crippen MR) is 75.1 cm³/mol. The van der Waals surface area contributed by atoms with E-state index in [1.807, 2.05) is 6.92 Å². The number of hydrogen-bond acceptors (Lipinski definition) is 6. The number of aldehydes is 1. The molecule has 4 atom stereocenters. The molecule has 1 aliphatic rings. The average Bonchev–Trinajstić information content (AvgIpc) is 2.11. The number of ketones is 1. The third kappa shape index (κ3) is 17.2. The topological polar surface area (TPSA) is 104 Å². The summed E-state index contributed by atoms with van der Waals surface area (Å²) in [5.74, 6) is -0.961. The Hall–Kier alpha value is -0.820. The van der Waals surface area contributed by atoms with Crippen molar-refractivity contribution in [2.75, 3.05) is 0 Å². The molecule has 0 aromatic rings. The fourth-order valence-corrected chi connectivity index (χ4v) is 1.57. The Morgan fingerprint density at radius 1 is 1.50 bits per heavy atom. The van der Waals surface area contributed by atoms with E-state index < -0.39 is 18.0 Å². The van der Waals surface area contributed by atoms with Crippen molar-refractivity contribution >= 4 is 12.1 Å². The van der Waals surface area contributed by atoms with E-state index >= 15 is 0 Å². The second kappa shape index (κ2) is 10.9. The van der Waals surface area contributed by atoms with Gasteiger partial charge in [-0.2, -0.15) is 0 Å². The molecule has 120 valence electrons. The lowest BCUT2D eigenvalue weighted by Gasteiger charge is -2.35. The van der Waals surface area contributed by atoms with E-state index in [9.17, 15) is 19.8 Å². The summed E-state index contributed by atoms with van der Waals surface area (Å²) < 4.78 is 5.14. The summed E-state index contributed by atoms with van der Waals surface area (Å²) in [6.07, 6.45) is 0.957. The van der Waals surface area contributed by atoms with E-state index in [1.165, 1.54) is 13.8 Å². The van der Waals surface area contributed by atoms with Crippen LogP contribution < -0.4 is 0 Å². The van der Waals surface area contributed by atoms with Crippen LogP contribution in [0.5, 0.6) is 0 Å². The zero-order valence-corrected chi connectivity index (χ0v) is 13.0. The first kappa shape index (κ1) is 21.5. The summed E-state index contributed by atoms with van der Waals surface area (Å²) in [7, 11) is 0. The van der Waals surface area contributed by atoms with E-state index in [-0.39, 0.29) is 18.3 Å². The second-order valence-electron chi connectivity index (χ2n) is 5.36. The van der Waals surface area contributed by atoms with Gasteiger partial charge in [-0.05, 0) is 41.0 Å². The zero-order valence-electron chi connectivity index (χ0n) is 13.0. The van der Waals surface area contributed by atoms with Gasteiger partial charge in [0.2, 0.25) is 0 Å². The number of aliphatic hydroxyl groups excluding tert-OH is 2. The van der Waals surface area contributed by atoms with Crippen LogP contribution in [0.2, 0.25) is 0 Å². The molecule has 0 spiro atoms. The molecule has 0 aliphatic carbocycles. The van der Waals surface area contributed by atoms with Crippen molar-refractivity contribution in [1.82, 2.24) is 0 Å². The number of carbonyl (C=O) groups is 2. The van der Waals surface area contributed by atoms with Gasteiger partial charge in [-0.1, -0.05) is 0 Å². The molecule has 0 amide bonds. The molecule has 0 aromatic heterocycles. The quantitative estimate of drug-likeness (QED) is 0.651. The Bertz CT molecular complexity index is 259. The summed E-state index contributed by atoms with van der Waals surface area (Å²) in [6, 6.07) is 0. The highest BCUT2D eigenvalue weighted by Gasteiger charge is 2.33. The molecule has 1 saturated heterocycles. The molecule has 1 unspecified atom stereocenters. The zero-order chi connectivity index (χ0) is 16.3. The molecule has 6 nitrogen and oxygen atoms in total. The molecule has 1 heterocycles. The maximum absolute atomic E-state index is 9.46. The summed E-state index contributed by atoms with van der Waals surface area (Å²) >= 11 is 0. The lowest BCUT2D eigenvalue weighted by atomic mass is 10.0. The largest absolute Gasteiger partial charge is 0.393 e. The predicted octanol–water partition coefficient (Wildman–Crippen LogP) is 0.806. The Labute approximate surface area is 120 Å². The van der Waals surface area contributed by atoms with Crippen molar-refractivity contribution < 1.29 is 29.6 Å². The molecule has 20 heavy (non-hydrogen) atoms. The monoisotopic (exact) mass is 292 g/mol. The third-order valence-corrected chi connectivity index (χ3v) is 2.11. The number of aliphatic hydroxyl groups is 3. The van der Waals surface area contributed by atoms with E-state index in [2.05, 4.69) is 0 Å². The van der Waals surface area contributed by atoms with Crippen LogP contribution in [0.4, 0.5) is 0 Å². The minimum Gasteiger partial charge on any atom is -0.393 e. The van der Waals surface area contributed by atoms with Gasteiger partial charge in [0.25, 0.3) is 0 Å². The van der Waals surface area contributed by atoms with Crippen molar-refractivity contribution in [3.8, 4) is 0 Å². The van der Waals surface area contributed by atoms with Crippen molar-refractivity contribution in [3.05, 3.63) is 0 Å². The maximum Gasteiger partial charge on any atom is 0.165 e. The normalized spacial score (nSPS) is 30.0. The smallest absolute Gasteiger partial charge is 0.165 e. The van der Waals surface area contributed by atoms with Crippen LogP contribution in [0, 0.1) is 0 Å². The van der Waals surface area contributed by atoms with Crippen LogP contribution in [0.1, 0.15) is 53.9 Å². The van der Waals surface area contributed by atoms with E-state index in [1.54, 1.807) is 13.8 Å². The van der Waals surface area contributed by atoms with Gasteiger partial charge in [-0.3, -0.25) is 0 Å². The van der Waals surface area contributed by atoms with Crippen molar-refractivity contribution in [2.24, 2.45) is 0 Å². The van der Waals surface area contributed by atoms with Crippen molar-refractivity contribution in [1.29, 1.82) is 0 Å². The first-order valence-corrected chi connectivity index (χ1v) is 6.67. The molecular weight excluding hydrogens is 264 g/mol. The highest BCUT2D eigenvalue weighted by molar-refractivity contribution is 5.72. The molecule has 0 aromatic carbocycles. The van der Waals surface area contributed by atoms with Crippen LogP contribution in [-0.4, -0.2) is 51.5 Å². The number of Topliss-reactive ketones (excluding diaryl/α,β-unsaturated/α-hetero) is 1. The number of hydrogen-bond donors (Lipinski definition) is 3. The van der Waals surface area contributed by atoms with Crippen molar-refractivity contribution in [2.45, 2.75) is 78.0 Å². The SMILES string of the molecule is CC(C)=O.CC1C[C@H](O)C[C@@](C)(O)O1.C[C@@H](O)CC=O. The fourth-order valence-electron chi connectivity index (χ4n) is 1.57. The fraction of sp³-hybridized carbons (Fsp3) is 0.857. The minimum absolute atomic E-state index is 0.0428. The number of carbonyl (C=O) groups excluding carboxylic acids is 2. The second-order valence-corrected chi connectivity index (χ2v) is 5.36. The van der Waals surface area contributed by atoms with Gasteiger partial charge in [-0.15, -0.1) is 0 Å². The van der Waals surface area contributed by atoms with Gasteiger partial charge in [0.1, 0.15) is 12.1 Å². The molecule has 1 aliphatic heterocycles. The standard InChI is InChI=1S/C7H14O3.C4H8O2.C3H6O/c1-5-3-6(8)4-7(2,9)10-5;1-4(6)2-3-5;1-3(2)4/h5-6,8-9H,3-4H2,1-2H3;3-4,6H,2H2,1H3;1-2H3/t5?,6-,7-;4-;/m01./s1. The molecule has 0 radical (unpaired) electrons. The summed E-state index contributed by atoms with van der Waals surface area (Å²) in [4.78, 5) is 18.9. The molecule has 1 rings (SSSR count). The minimum atomic E-state index is -1.13. The Balaban J connectivity index is 0. The third-order valence-electron chi connectivity index (χ3n) is 2.11. The van der Waals surface area contributed by atoms with E-state index in [0.717, 1.165) is 0 Å². The molecule has 0 saturated carbocycles. The number of ether oxygens (including phenoxy) is 1. The molecule has 3 N–H and O–H groups in total. The summed E-state index contributed by atoms with van der Waals surface area (Å²) in [5, 5.41) is 26.8. The van der Waals surface area contributed by atoms with Gasteiger partial charge in [0, 0.05) is 12.8 Å². The van der Waals surface area contributed by atoms with Crippen LogP contribution in [0.3, 0.4) is 0 Å². The van der Waals surface area contributed by atoms with Crippen molar-refractivity contribution in [3.63, 3.8) is 0 Å². The highest BCUT2D eigenvalue weighted by atomic mass is 16.6. The van der Waals surface area contributed by atoms with Crippen LogP contribution in [-0.2, 0) is 14.3 Å². The van der Waals surface area contributed by atoms with E-state index in [4.69, 9.17) is 9.84 Å². The first-order valence-electron chi connectivity index (χ1n) is 6.67.